The Bertz CT molecular complexity index is 422. The van der Waals surface area contributed by atoms with Crippen LogP contribution in [0, 0.1) is 11.3 Å². The van der Waals surface area contributed by atoms with Crippen LogP contribution >= 0.6 is 0 Å². The van der Waals surface area contributed by atoms with Crippen LogP contribution in [0.2, 0.25) is 0 Å². The molecule has 1 saturated heterocycles. The largest absolute Gasteiger partial charge is 0.493 e. The highest BCUT2D eigenvalue weighted by atomic mass is 16.6. The van der Waals surface area contributed by atoms with Crippen LogP contribution in [0.4, 0.5) is 0 Å². The zero-order valence-corrected chi connectivity index (χ0v) is 7.56. The molecule has 1 fully saturated rings. The number of benzene rings is 1. The van der Waals surface area contributed by atoms with E-state index in [0.29, 0.717) is 18.3 Å². The number of ether oxygens (including phenoxy) is 2. The normalized spacial score (nSPS) is 27.6. The number of epoxide rings is 1. The van der Waals surface area contributed by atoms with Gasteiger partial charge in [-0.1, -0.05) is 0 Å². The zero-order chi connectivity index (χ0) is 9.54. The van der Waals surface area contributed by atoms with Crippen molar-refractivity contribution < 1.29 is 9.47 Å². The van der Waals surface area contributed by atoms with E-state index in [-0.39, 0.29) is 6.10 Å². The molecule has 0 N–H and O–H groups in total. The quantitative estimate of drug-likeness (QED) is 0.581. The summed E-state index contributed by atoms with van der Waals surface area (Å²) in [6.07, 6.45) is 1.42. The van der Waals surface area contributed by atoms with Crippen molar-refractivity contribution in [3.8, 4) is 11.8 Å². The van der Waals surface area contributed by atoms with Gasteiger partial charge in [0.05, 0.1) is 24.3 Å². The standard InChI is InChI=1S/C11H9NO2/c12-6-7-1-2-9-8(5-7)11-10(14-11)3-4-13-9/h1-2,5,10-11H,3-4H2. The number of nitrogens with zero attached hydrogens (tertiary/aromatic N) is 1. The van der Waals surface area contributed by atoms with Gasteiger partial charge >= 0.3 is 0 Å². The zero-order valence-electron chi connectivity index (χ0n) is 7.56. The molecule has 0 aliphatic carbocycles. The highest BCUT2D eigenvalue weighted by Crippen LogP contribution is 2.46. The van der Waals surface area contributed by atoms with Crippen molar-refractivity contribution in [1.29, 1.82) is 5.26 Å². The number of hydrogen-bond donors (Lipinski definition) is 0. The average Bonchev–Trinajstić information content (AvgIpc) is 2.96. The average molecular weight is 187 g/mol. The van der Waals surface area contributed by atoms with Crippen LogP contribution in [-0.2, 0) is 4.74 Å². The molecule has 2 aliphatic heterocycles. The second-order valence-electron chi connectivity index (χ2n) is 3.60. The molecular formula is C11H9NO2. The molecule has 0 radical (unpaired) electrons. The first-order chi connectivity index (χ1) is 6.88. The summed E-state index contributed by atoms with van der Waals surface area (Å²) in [7, 11) is 0. The van der Waals surface area contributed by atoms with Crippen molar-refractivity contribution >= 4 is 0 Å². The molecule has 14 heavy (non-hydrogen) atoms. The van der Waals surface area contributed by atoms with Crippen LogP contribution in [0.5, 0.6) is 5.75 Å². The van der Waals surface area contributed by atoms with Gasteiger partial charge in [0, 0.05) is 12.0 Å². The molecule has 2 heterocycles. The maximum Gasteiger partial charge on any atom is 0.125 e. The van der Waals surface area contributed by atoms with Crippen molar-refractivity contribution in [3.05, 3.63) is 29.3 Å². The van der Waals surface area contributed by atoms with E-state index in [9.17, 15) is 0 Å². The minimum atomic E-state index is 0.167. The minimum absolute atomic E-state index is 0.167. The Morgan fingerprint density at radius 1 is 1.43 bits per heavy atom. The van der Waals surface area contributed by atoms with Gasteiger partial charge in [0.2, 0.25) is 0 Å². The van der Waals surface area contributed by atoms with E-state index in [4.69, 9.17) is 14.7 Å². The van der Waals surface area contributed by atoms with Crippen molar-refractivity contribution in [2.45, 2.75) is 18.6 Å². The maximum absolute atomic E-state index is 8.78. The van der Waals surface area contributed by atoms with Crippen LogP contribution in [-0.4, -0.2) is 12.7 Å². The van der Waals surface area contributed by atoms with Gasteiger partial charge in [-0.05, 0) is 18.2 Å². The van der Waals surface area contributed by atoms with Crippen LogP contribution in [0.25, 0.3) is 0 Å². The van der Waals surface area contributed by atoms with E-state index in [1.165, 1.54) is 0 Å². The van der Waals surface area contributed by atoms with Gasteiger partial charge in [0.15, 0.2) is 0 Å². The first-order valence-electron chi connectivity index (χ1n) is 4.71. The number of rotatable bonds is 0. The minimum Gasteiger partial charge on any atom is -0.493 e. The van der Waals surface area contributed by atoms with Gasteiger partial charge in [0.1, 0.15) is 11.9 Å². The second-order valence-corrected chi connectivity index (χ2v) is 3.60. The van der Waals surface area contributed by atoms with E-state index in [1.54, 1.807) is 6.07 Å². The van der Waals surface area contributed by atoms with Crippen molar-refractivity contribution in [1.82, 2.24) is 0 Å². The van der Waals surface area contributed by atoms with Gasteiger partial charge in [-0.2, -0.15) is 5.26 Å². The number of nitriles is 1. The second kappa shape index (κ2) is 2.73. The monoisotopic (exact) mass is 187 g/mol. The molecule has 2 aliphatic rings. The molecule has 0 amide bonds. The summed E-state index contributed by atoms with van der Waals surface area (Å²) < 4.78 is 11.1. The first kappa shape index (κ1) is 7.84. The third-order valence-electron chi connectivity index (χ3n) is 2.69. The summed E-state index contributed by atoms with van der Waals surface area (Å²) in [5, 5.41) is 8.78. The van der Waals surface area contributed by atoms with Crippen molar-refractivity contribution in [2.24, 2.45) is 0 Å². The number of fused-ring (bicyclic) bond motifs is 3. The predicted molar refractivity (Wildman–Crippen MR) is 48.9 cm³/mol. The van der Waals surface area contributed by atoms with Crippen molar-refractivity contribution in [2.75, 3.05) is 6.61 Å². The van der Waals surface area contributed by atoms with E-state index < -0.39 is 0 Å². The molecule has 0 bridgehead atoms. The maximum atomic E-state index is 8.78. The molecule has 0 aromatic heterocycles. The topological polar surface area (TPSA) is 45.5 Å². The Hall–Kier alpha value is -1.53. The predicted octanol–water partition coefficient (Wildman–Crippen LogP) is 1.78. The molecule has 3 heteroatoms. The summed E-state index contributed by atoms with van der Waals surface area (Å²) >= 11 is 0. The summed E-state index contributed by atoms with van der Waals surface area (Å²) in [5.41, 5.74) is 1.70. The Labute approximate surface area is 81.9 Å². The van der Waals surface area contributed by atoms with E-state index in [1.807, 2.05) is 12.1 Å². The summed E-state index contributed by atoms with van der Waals surface area (Å²) in [6.45, 7) is 0.708. The summed E-state index contributed by atoms with van der Waals surface area (Å²) in [6, 6.07) is 7.63. The van der Waals surface area contributed by atoms with E-state index in [0.717, 1.165) is 17.7 Å². The molecule has 3 rings (SSSR count). The summed E-state index contributed by atoms with van der Waals surface area (Å²) in [5.74, 6) is 0.869. The molecule has 0 spiro atoms. The van der Waals surface area contributed by atoms with Gasteiger partial charge in [-0.3, -0.25) is 0 Å². The molecule has 2 unspecified atom stereocenters. The molecular weight excluding hydrogens is 178 g/mol. The van der Waals surface area contributed by atoms with Crippen LogP contribution < -0.4 is 4.74 Å². The van der Waals surface area contributed by atoms with Gasteiger partial charge in [0.25, 0.3) is 0 Å². The molecule has 70 valence electrons. The summed E-state index contributed by atoms with van der Waals surface area (Å²) in [4.78, 5) is 0. The highest BCUT2D eigenvalue weighted by molar-refractivity contribution is 5.45. The fraction of sp³-hybridized carbons (Fsp3) is 0.364. The van der Waals surface area contributed by atoms with Crippen LogP contribution in [0.1, 0.15) is 23.7 Å². The van der Waals surface area contributed by atoms with Gasteiger partial charge in [-0.15, -0.1) is 0 Å². The lowest BCUT2D eigenvalue weighted by Crippen LogP contribution is -1.98. The third kappa shape index (κ3) is 1.08. The molecule has 2 atom stereocenters. The third-order valence-corrected chi connectivity index (χ3v) is 2.69. The molecule has 3 nitrogen and oxygen atoms in total. The Kier molecular flexibility index (Phi) is 1.53. The van der Waals surface area contributed by atoms with E-state index >= 15 is 0 Å². The Balaban J connectivity index is 2.09. The lowest BCUT2D eigenvalue weighted by molar-refractivity contribution is 0.267. The smallest absolute Gasteiger partial charge is 0.125 e. The van der Waals surface area contributed by atoms with E-state index in [2.05, 4.69) is 6.07 Å². The molecule has 1 aromatic carbocycles. The van der Waals surface area contributed by atoms with Crippen molar-refractivity contribution in [3.63, 3.8) is 0 Å². The van der Waals surface area contributed by atoms with Crippen LogP contribution in [0.3, 0.4) is 0 Å². The fourth-order valence-corrected chi connectivity index (χ4v) is 1.89. The highest BCUT2D eigenvalue weighted by Gasteiger charge is 2.43. The fourth-order valence-electron chi connectivity index (χ4n) is 1.89. The Morgan fingerprint density at radius 2 is 2.36 bits per heavy atom. The van der Waals surface area contributed by atoms with Gasteiger partial charge in [-0.25, -0.2) is 0 Å². The van der Waals surface area contributed by atoms with Gasteiger partial charge < -0.3 is 9.47 Å². The lowest BCUT2D eigenvalue weighted by Gasteiger charge is -2.07. The molecule has 1 aromatic rings. The Morgan fingerprint density at radius 3 is 3.21 bits per heavy atom. The SMILES string of the molecule is N#Cc1ccc2c(c1)C1OC1CCO2. The lowest BCUT2D eigenvalue weighted by atomic mass is 10.1. The molecule has 0 saturated carbocycles. The first-order valence-corrected chi connectivity index (χ1v) is 4.71. The number of hydrogen-bond acceptors (Lipinski definition) is 3. The van der Waals surface area contributed by atoms with Crippen LogP contribution in [0.15, 0.2) is 18.2 Å².